The third-order valence-corrected chi connectivity index (χ3v) is 3.24. The van der Waals surface area contributed by atoms with Crippen molar-refractivity contribution in [1.82, 2.24) is 4.98 Å². The zero-order valence-electron chi connectivity index (χ0n) is 9.87. The summed E-state index contributed by atoms with van der Waals surface area (Å²) in [5, 5.41) is 0. The second-order valence-electron chi connectivity index (χ2n) is 3.29. The minimum atomic E-state index is -2.63. The van der Waals surface area contributed by atoms with Crippen molar-refractivity contribution < 1.29 is 23.0 Å². The van der Waals surface area contributed by atoms with Crippen LogP contribution < -0.4 is 4.74 Å². The first kappa shape index (κ1) is 15.1. The fraction of sp³-hybridized carbons (Fsp3) is 0.455. The number of pyridine rings is 1. The van der Waals surface area contributed by atoms with Crippen LogP contribution in [0.2, 0.25) is 0 Å². The largest absolute Gasteiger partial charge is 0.494 e. The molecule has 1 aromatic rings. The lowest BCUT2D eigenvalue weighted by molar-refractivity contribution is -0.142. The topological polar surface area (TPSA) is 48.4 Å². The Bertz CT molecular complexity index is 441. The predicted octanol–water partition coefficient (Wildman–Crippen LogP) is 2.74. The van der Waals surface area contributed by atoms with Crippen molar-refractivity contribution in [1.29, 1.82) is 0 Å². The van der Waals surface area contributed by atoms with Crippen LogP contribution in [0.4, 0.5) is 8.78 Å². The summed E-state index contributed by atoms with van der Waals surface area (Å²) in [6.45, 7) is 1.94. The van der Waals surface area contributed by atoms with Crippen LogP contribution in [0.5, 0.6) is 5.75 Å². The van der Waals surface area contributed by atoms with Gasteiger partial charge in [0.1, 0.15) is 0 Å². The highest BCUT2D eigenvalue weighted by molar-refractivity contribution is 14.1. The summed E-state index contributed by atoms with van der Waals surface area (Å²) in [4.78, 5) is 15.2. The Morgan fingerprint density at radius 2 is 2.22 bits per heavy atom. The molecule has 0 aliphatic carbocycles. The second kappa shape index (κ2) is 6.81. The average molecular weight is 371 g/mol. The van der Waals surface area contributed by atoms with E-state index in [1.165, 1.54) is 7.11 Å². The average Bonchev–Trinajstić information content (AvgIpc) is 2.29. The highest BCUT2D eigenvalue weighted by Gasteiger charge is 2.21. The molecule has 1 heterocycles. The Labute approximate surface area is 117 Å². The quantitative estimate of drug-likeness (QED) is 0.590. The van der Waals surface area contributed by atoms with Crippen molar-refractivity contribution in [2.45, 2.75) is 19.8 Å². The van der Waals surface area contributed by atoms with E-state index in [9.17, 15) is 13.6 Å². The maximum absolute atomic E-state index is 12.7. The van der Waals surface area contributed by atoms with Gasteiger partial charge < -0.3 is 9.47 Å². The lowest BCUT2D eigenvalue weighted by atomic mass is 10.2. The number of aromatic nitrogens is 1. The van der Waals surface area contributed by atoms with E-state index in [0.29, 0.717) is 5.69 Å². The number of hydrogen-bond acceptors (Lipinski definition) is 4. The summed E-state index contributed by atoms with van der Waals surface area (Å²) in [5.41, 5.74) is 0.0878. The van der Waals surface area contributed by atoms with Crippen LogP contribution in [0.15, 0.2) is 6.20 Å². The maximum Gasteiger partial charge on any atom is 0.312 e. The number of rotatable bonds is 5. The van der Waals surface area contributed by atoms with Crippen LogP contribution in [0, 0.1) is 3.57 Å². The number of esters is 1. The predicted molar refractivity (Wildman–Crippen MR) is 68.8 cm³/mol. The number of alkyl halides is 2. The molecule has 0 aliphatic heterocycles. The minimum Gasteiger partial charge on any atom is -0.494 e. The van der Waals surface area contributed by atoms with E-state index >= 15 is 0 Å². The molecule has 0 aromatic carbocycles. The van der Waals surface area contributed by atoms with Gasteiger partial charge in [0.15, 0.2) is 5.75 Å². The summed E-state index contributed by atoms with van der Waals surface area (Å²) in [6, 6.07) is 0. The van der Waals surface area contributed by atoms with Gasteiger partial charge in [0.2, 0.25) is 0 Å². The van der Waals surface area contributed by atoms with Crippen LogP contribution in [0.1, 0.15) is 24.6 Å². The molecule has 0 fully saturated rings. The molecule has 7 heteroatoms. The smallest absolute Gasteiger partial charge is 0.312 e. The summed E-state index contributed by atoms with van der Waals surface area (Å²) in [7, 11) is 1.35. The zero-order valence-corrected chi connectivity index (χ0v) is 12.0. The fourth-order valence-electron chi connectivity index (χ4n) is 1.35. The van der Waals surface area contributed by atoms with Gasteiger partial charge in [-0.1, -0.05) is 0 Å². The van der Waals surface area contributed by atoms with Crippen LogP contribution in [0.25, 0.3) is 0 Å². The Hall–Kier alpha value is -0.990. The molecular formula is C11H12F2INO3. The Balaban J connectivity index is 3.07. The summed E-state index contributed by atoms with van der Waals surface area (Å²) >= 11 is 1.75. The second-order valence-corrected chi connectivity index (χ2v) is 4.37. The van der Waals surface area contributed by atoms with E-state index in [0.717, 1.165) is 6.20 Å². The van der Waals surface area contributed by atoms with Gasteiger partial charge in [-0.05, 0) is 29.5 Å². The van der Waals surface area contributed by atoms with E-state index in [1.807, 2.05) is 0 Å². The highest BCUT2D eigenvalue weighted by atomic mass is 127. The Morgan fingerprint density at radius 3 is 2.72 bits per heavy atom. The SMILES string of the molecule is CCOC(=O)Cc1ncc(C(F)F)c(I)c1OC. The summed E-state index contributed by atoms with van der Waals surface area (Å²) < 4.78 is 35.4. The van der Waals surface area contributed by atoms with Gasteiger partial charge in [-0.2, -0.15) is 0 Å². The molecule has 0 N–H and O–H groups in total. The molecule has 0 spiro atoms. The number of nitrogens with zero attached hydrogens (tertiary/aromatic N) is 1. The fourth-order valence-corrected chi connectivity index (χ4v) is 2.26. The number of ether oxygens (including phenoxy) is 2. The molecule has 1 rings (SSSR count). The number of halogens is 3. The van der Waals surface area contributed by atoms with E-state index < -0.39 is 12.4 Å². The van der Waals surface area contributed by atoms with Gasteiger partial charge >= 0.3 is 5.97 Å². The van der Waals surface area contributed by atoms with E-state index in [2.05, 4.69) is 4.98 Å². The zero-order chi connectivity index (χ0) is 13.7. The summed E-state index contributed by atoms with van der Waals surface area (Å²) in [6.07, 6.45) is -1.67. The normalized spacial score (nSPS) is 10.6. The van der Waals surface area contributed by atoms with Crippen molar-refractivity contribution in [3.8, 4) is 5.75 Å². The van der Waals surface area contributed by atoms with E-state index in [4.69, 9.17) is 9.47 Å². The van der Waals surface area contributed by atoms with Crippen LogP contribution in [0.3, 0.4) is 0 Å². The van der Waals surface area contributed by atoms with Crippen LogP contribution in [-0.4, -0.2) is 24.7 Å². The first-order chi connectivity index (χ1) is 8.51. The number of hydrogen-bond donors (Lipinski definition) is 0. The van der Waals surface area contributed by atoms with Gasteiger partial charge in [-0.25, -0.2) is 8.78 Å². The molecule has 0 unspecified atom stereocenters. The molecule has 100 valence electrons. The van der Waals surface area contributed by atoms with E-state index in [-0.39, 0.29) is 27.9 Å². The van der Waals surface area contributed by atoms with Gasteiger partial charge in [0.25, 0.3) is 6.43 Å². The maximum atomic E-state index is 12.7. The van der Waals surface area contributed by atoms with Gasteiger partial charge in [0.05, 0.1) is 35.0 Å². The molecule has 0 saturated carbocycles. The van der Waals surface area contributed by atoms with Crippen molar-refractivity contribution in [3.63, 3.8) is 0 Å². The highest BCUT2D eigenvalue weighted by Crippen LogP contribution is 2.32. The number of carbonyl (C=O) groups is 1. The molecule has 0 amide bonds. The Morgan fingerprint density at radius 1 is 1.56 bits per heavy atom. The first-order valence-corrected chi connectivity index (χ1v) is 6.24. The lowest BCUT2D eigenvalue weighted by Gasteiger charge is -2.12. The minimum absolute atomic E-state index is 0.101. The molecule has 0 bridgehead atoms. The molecule has 4 nitrogen and oxygen atoms in total. The molecule has 1 aromatic heterocycles. The van der Waals surface area contributed by atoms with Gasteiger partial charge in [-0.3, -0.25) is 9.78 Å². The molecule has 0 saturated heterocycles. The van der Waals surface area contributed by atoms with Crippen molar-refractivity contribution in [3.05, 3.63) is 21.0 Å². The van der Waals surface area contributed by atoms with Gasteiger partial charge in [-0.15, -0.1) is 0 Å². The van der Waals surface area contributed by atoms with Crippen molar-refractivity contribution >= 4 is 28.6 Å². The number of carbonyl (C=O) groups excluding carboxylic acids is 1. The monoisotopic (exact) mass is 371 g/mol. The van der Waals surface area contributed by atoms with Crippen molar-refractivity contribution in [2.75, 3.05) is 13.7 Å². The lowest BCUT2D eigenvalue weighted by Crippen LogP contribution is -2.11. The van der Waals surface area contributed by atoms with Crippen molar-refractivity contribution in [2.24, 2.45) is 0 Å². The third kappa shape index (κ3) is 3.50. The van der Waals surface area contributed by atoms with Gasteiger partial charge in [0, 0.05) is 6.20 Å². The molecule has 0 atom stereocenters. The molecule has 0 radical (unpaired) electrons. The summed E-state index contributed by atoms with van der Waals surface area (Å²) in [5.74, 6) is -0.273. The Kier molecular flexibility index (Phi) is 5.70. The van der Waals surface area contributed by atoms with Crippen LogP contribution >= 0.6 is 22.6 Å². The molecule has 18 heavy (non-hydrogen) atoms. The molecular weight excluding hydrogens is 359 g/mol. The van der Waals surface area contributed by atoms with E-state index in [1.54, 1.807) is 29.5 Å². The molecule has 0 aliphatic rings. The first-order valence-electron chi connectivity index (χ1n) is 5.16. The van der Waals surface area contributed by atoms with Crippen LogP contribution in [-0.2, 0) is 16.0 Å². The third-order valence-electron chi connectivity index (χ3n) is 2.13. The standard InChI is InChI=1S/C11H12F2INO3/c1-3-18-8(16)4-7-10(17-2)9(14)6(5-15-7)11(12)13/h5,11H,3-4H2,1-2H3. The number of methoxy groups -OCH3 is 1.